The lowest BCUT2D eigenvalue weighted by Crippen LogP contribution is -2.51. The quantitative estimate of drug-likeness (QED) is 0.309. The van der Waals surface area contributed by atoms with Crippen molar-refractivity contribution in [2.75, 3.05) is 5.75 Å². The highest BCUT2D eigenvalue weighted by atomic mass is 33.1. The average molecular weight is 441 g/mol. The Hall–Kier alpha value is -1.87. The van der Waals surface area contributed by atoms with E-state index in [9.17, 15) is 19.5 Å². The van der Waals surface area contributed by atoms with E-state index in [1.54, 1.807) is 12.1 Å². The molecule has 0 radical (unpaired) electrons. The van der Waals surface area contributed by atoms with Gasteiger partial charge in [-0.3, -0.25) is 14.4 Å². The van der Waals surface area contributed by atoms with E-state index in [1.807, 2.05) is 21.6 Å². The molecule has 0 spiro atoms. The number of benzene rings is 1. The van der Waals surface area contributed by atoms with Crippen LogP contribution in [0.15, 0.2) is 24.3 Å². The van der Waals surface area contributed by atoms with Crippen LogP contribution >= 0.6 is 21.6 Å². The molecule has 0 aliphatic carbocycles. The Kier molecular flexibility index (Phi) is 9.66. The van der Waals surface area contributed by atoms with Crippen molar-refractivity contribution in [1.82, 2.24) is 10.6 Å². The molecule has 1 aliphatic heterocycles. The largest absolute Gasteiger partial charge is 0.508 e. The van der Waals surface area contributed by atoms with Crippen LogP contribution in [-0.2, 0) is 20.8 Å². The number of rotatable bonds is 11. The standard InChI is InChI=1S/C20H28N2O5S2/c1-13(20(26)27)21-19(25)17(12-14-6-8-15(23)9-7-14)22-18(24)5-3-2-4-16-10-11-28-29-16/h6-9,13,16-17,23H,2-5,10-12H2,1H3,(H,21,25)(H,22,24)(H,26,27)/t13-,16-,17-/m0/s1. The molecular formula is C20H28N2O5S2. The number of phenolic OH excluding ortho intramolecular Hbond substituents is 1. The molecule has 1 saturated heterocycles. The maximum absolute atomic E-state index is 12.5. The number of aliphatic carboxylic acids is 1. The van der Waals surface area contributed by atoms with E-state index in [2.05, 4.69) is 10.6 Å². The number of unbranched alkanes of at least 4 members (excludes halogenated alkanes) is 1. The minimum absolute atomic E-state index is 0.108. The summed E-state index contributed by atoms with van der Waals surface area (Å²) in [6.07, 6.45) is 4.58. The number of hydrogen-bond acceptors (Lipinski definition) is 6. The highest BCUT2D eigenvalue weighted by molar-refractivity contribution is 8.77. The molecule has 7 nitrogen and oxygen atoms in total. The summed E-state index contributed by atoms with van der Waals surface area (Å²) in [5, 5.41) is 24.2. The van der Waals surface area contributed by atoms with Crippen molar-refractivity contribution in [3.8, 4) is 5.75 Å². The molecule has 1 aromatic carbocycles. The van der Waals surface area contributed by atoms with Gasteiger partial charge in [-0.1, -0.05) is 40.1 Å². The third-order valence-corrected chi connectivity index (χ3v) is 7.67. The SMILES string of the molecule is C[C@H](NC(=O)[C@H](Cc1ccc(O)cc1)NC(=O)CCCC[C@H]1CCSS1)C(=O)O. The molecule has 1 aliphatic rings. The van der Waals surface area contributed by atoms with Crippen LogP contribution in [-0.4, -0.2) is 51.1 Å². The number of hydrogen-bond donors (Lipinski definition) is 4. The van der Waals surface area contributed by atoms with Crippen LogP contribution < -0.4 is 10.6 Å². The van der Waals surface area contributed by atoms with Gasteiger partial charge in [0.25, 0.3) is 0 Å². The summed E-state index contributed by atoms with van der Waals surface area (Å²) in [5.41, 5.74) is 0.752. The number of amides is 2. The molecule has 0 saturated carbocycles. The van der Waals surface area contributed by atoms with Gasteiger partial charge in [-0.15, -0.1) is 0 Å². The molecule has 3 atom stereocenters. The van der Waals surface area contributed by atoms with Crippen molar-refractivity contribution >= 4 is 39.4 Å². The average Bonchev–Trinajstić information content (AvgIpc) is 3.19. The molecule has 0 aromatic heterocycles. The first-order valence-electron chi connectivity index (χ1n) is 9.74. The maximum atomic E-state index is 12.5. The lowest BCUT2D eigenvalue weighted by Gasteiger charge is -2.20. The van der Waals surface area contributed by atoms with Gasteiger partial charge in [-0.2, -0.15) is 0 Å². The van der Waals surface area contributed by atoms with Crippen LogP contribution in [0.1, 0.15) is 44.6 Å². The van der Waals surface area contributed by atoms with Crippen molar-refractivity contribution in [3.63, 3.8) is 0 Å². The second kappa shape index (κ2) is 12.0. The molecule has 1 heterocycles. The molecule has 2 rings (SSSR count). The van der Waals surface area contributed by atoms with Gasteiger partial charge in [-0.25, -0.2) is 0 Å². The van der Waals surface area contributed by atoms with Crippen molar-refractivity contribution in [2.45, 2.75) is 62.8 Å². The summed E-state index contributed by atoms with van der Waals surface area (Å²) in [6.45, 7) is 1.37. The lowest BCUT2D eigenvalue weighted by atomic mass is 10.0. The molecule has 29 heavy (non-hydrogen) atoms. The predicted octanol–water partition coefficient (Wildman–Crippen LogP) is 2.72. The Labute approximate surface area is 178 Å². The monoisotopic (exact) mass is 440 g/mol. The van der Waals surface area contributed by atoms with Crippen LogP contribution in [0.25, 0.3) is 0 Å². The Morgan fingerprint density at radius 3 is 2.52 bits per heavy atom. The molecule has 0 bridgehead atoms. The van der Waals surface area contributed by atoms with Crippen LogP contribution in [0.2, 0.25) is 0 Å². The van der Waals surface area contributed by atoms with Crippen LogP contribution in [0, 0.1) is 0 Å². The fraction of sp³-hybridized carbons (Fsp3) is 0.550. The highest BCUT2D eigenvalue weighted by Crippen LogP contribution is 2.39. The molecule has 1 fully saturated rings. The topological polar surface area (TPSA) is 116 Å². The molecule has 2 amide bonds. The normalized spacial score (nSPS) is 18.0. The smallest absolute Gasteiger partial charge is 0.325 e. The summed E-state index contributed by atoms with van der Waals surface area (Å²) >= 11 is 0. The van der Waals surface area contributed by atoms with Crippen molar-refractivity contribution < 1.29 is 24.6 Å². The summed E-state index contributed by atoms with van der Waals surface area (Å²) in [6, 6.07) is 4.41. The summed E-state index contributed by atoms with van der Waals surface area (Å²) < 4.78 is 0. The molecule has 4 N–H and O–H groups in total. The molecule has 0 unspecified atom stereocenters. The zero-order chi connectivity index (χ0) is 21.2. The number of phenols is 1. The first kappa shape index (κ1) is 23.4. The highest BCUT2D eigenvalue weighted by Gasteiger charge is 2.24. The second-order valence-electron chi connectivity index (χ2n) is 7.13. The van der Waals surface area contributed by atoms with E-state index in [0.717, 1.165) is 24.8 Å². The second-order valence-corrected chi connectivity index (χ2v) is 9.92. The number of aromatic hydroxyl groups is 1. The first-order valence-corrected chi connectivity index (χ1v) is 12.1. The number of carboxylic acid groups (broad SMARTS) is 1. The van der Waals surface area contributed by atoms with E-state index in [0.29, 0.717) is 11.7 Å². The van der Waals surface area contributed by atoms with Crippen molar-refractivity contribution in [3.05, 3.63) is 29.8 Å². The van der Waals surface area contributed by atoms with Crippen molar-refractivity contribution in [2.24, 2.45) is 0 Å². The zero-order valence-electron chi connectivity index (χ0n) is 16.4. The van der Waals surface area contributed by atoms with E-state index in [1.165, 1.54) is 31.2 Å². The Bertz CT molecular complexity index is 693. The molecule has 160 valence electrons. The number of carbonyl (C=O) groups excluding carboxylic acids is 2. The Morgan fingerprint density at radius 1 is 1.17 bits per heavy atom. The number of carboxylic acids is 1. The predicted molar refractivity (Wildman–Crippen MR) is 116 cm³/mol. The van der Waals surface area contributed by atoms with E-state index < -0.39 is 24.0 Å². The van der Waals surface area contributed by atoms with Gasteiger partial charge < -0.3 is 20.8 Å². The van der Waals surface area contributed by atoms with E-state index in [4.69, 9.17) is 5.11 Å². The van der Waals surface area contributed by atoms with E-state index in [-0.39, 0.29) is 18.1 Å². The summed E-state index contributed by atoms with van der Waals surface area (Å²) in [5.74, 6) is -0.604. The minimum atomic E-state index is -1.14. The number of carbonyl (C=O) groups is 3. The molecular weight excluding hydrogens is 412 g/mol. The van der Waals surface area contributed by atoms with Crippen LogP contribution in [0.4, 0.5) is 0 Å². The van der Waals surface area contributed by atoms with Gasteiger partial charge >= 0.3 is 5.97 Å². The van der Waals surface area contributed by atoms with Gasteiger partial charge in [0.15, 0.2) is 0 Å². The third-order valence-electron chi connectivity index (χ3n) is 4.66. The number of nitrogens with one attached hydrogen (secondary N) is 2. The zero-order valence-corrected chi connectivity index (χ0v) is 18.1. The van der Waals surface area contributed by atoms with Gasteiger partial charge in [-0.05, 0) is 43.9 Å². The van der Waals surface area contributed by atoms with Gasteiger partial charge in [0.05, 0.1) is 0 Å². The Morgan fingerprint density at radius 2 is 1.90 bits per heavy atom. The molecule has 1 aromatic rings. The summed E-state index contributed by atoms with van der Waals surface area (Å²) in [4.78, 5) is 35.9. The van der Waals surface area contributed by atoms with Gasteiger partial charge in [0.2, 0.25) is 11.8 Å². The van der Waals surface area contributed by atoms with Crippen LogP contribution in [0.5, 0.6) is 5.75 Å². The Balaban J connectivity index is 1.88. The fourth-order valence-corrected chi connectivity index (χ4v) is 5.97. The minimum Gasteiger partial charge on any atom is -0.508 e. The maximum Gasteiger partial charge on any atom is 0.325 e. The van der Waals surface area contributed by atoms with Gasteiger partial charge in [0.1, 0.15) is 17.8 Å². The van der Waals surface area contributed by atoms with Crippen molar-refractivity contribution in [1.29, 1.82) is 0 Å². The fourth-order valence-electron chi connectivity index (χ4n) is 2.94. The van der Waals surface area contributed by atoms with Crippen LogP contribution in [0.3, 0.4) is 0 Å². The summed E-state index contributed by atoms with van der Waals surface area (Å²) in [7, 11) is 3.83. The van der Waals surface area contributed by atoms with E-state index >= 15 is 0 Å². The third kappa shape index (κ3) is 8.57. The first-order chi connectivity index (χ1) is 13.8. The van der Waals surface area contributed by atoms with Gasteiger partial charge in [0, 0.05) is 23.8 Å². The lowest BCUT2D eigenvalue weighted by molar-refractivity contribution is -0.141. The molecule has 9 heteroatoms.